The maximum Gasteiger partial charge on any atom is 0.233 e. The van der Waals surface area contributed by atoms with E-state index in [2.05, 4.69) is 25.7 Å². The number of nitrogens with zero attached hydrogens (tertiary/aromatic N) is 2. The molecule has 4 fully saturated rings. The molecule has 0 radical (unpaired) electrons. The third kappa shape index (κ3) is 5.75. The van der Waals surface area contributed by atoms with E-state index in [1.807, 2.05) is 0 Å². The molecule has 166 valence electrons. The van der Waals surface area contributed by atoms with E-state index >= 15 is 0 Å². The molecule has 2 atom stereocenters. The molecular formula is C23H39BrN2O3. The molecule has 1 heterocycles. The number of likely N-dealkylation sites (tertiary alicyclic amines) is 1. The first-order valence-electron chi connectivity index (χ1n) is 12.0. The minimum absolute atomic E-state index is 0.0303. The Hall–Kier alpha value is -0.170. The first-order valence-corrected chi connectivity index (χ1v) is 13.1. The van der Waals surface area contributed by atoms with Gasteiger partial charge < -0.3 is 19.6 Å². The molecule has 0 spiro atoms. The van der Waals surface area contributed by atoms with Gasteiger partial charge in [0, 0.05) is 38.4 Å². The van der Waals surface area contributed by atoms with Crippen LogP contribution in [0.4, 0.5) is 0 Å². The smallest absolute Gasteiger partial charge is 0.233 e. The minimum Gasteiger partial charge on any atom is -0.391 e. The van der Waals surface area contributed by atoms with Gasteiger partial charge in [0.1, 0.15) is 0 Å². The predicted octanol–water partition coefficient (Wildman–Crippen LogP) is 3.57. The summed E-state index contributed by atoms with van der Waals surface area (Å²) < 4.78 is 5.93. The molecule has 0 aromatic heterocycles. The number of ether oxygens (including phenoxy) is 1. The monoisotopic (exact) mass is 470 g/mol. The van der Waals surface area contributed by atoms with Crippen LogP contribution in [-0.4, -0.2) is 76.7 Å². The quantitative estimate of drug-likeness (QED) is 0.550. The van der Waals surface area contributed by atoms with E-state index in [-0.39, 0.29) is 18.1 Å². The summed E-state index contributed by atoms with van der Waals surface area (Å²) >= 11 is 3.36. The van der Waals surface area contributed by atoms with Crippen LogP contribution >= 0.6 is 15.9 Å². The Kier molecular flexibility index (Phi) is 7.93. The summed E-state index contributed by atoms with van der Waals surface area (Å²) in [6, 6.07) is 1.04. The van der Waals surface area contributed by atoms with Crippen molar-refractivity contribution in [1.82, 2.24) is 9.80 Å². The van der Waals surface area contributed by atoms with Crippen LogP contribution in [0.25, 0.3) is 0 Å². The lowest BCUT2D eigenvalue weighted by Gasteiger charge is -2.45. The predicted molar refractivity (Wildman–Crippen MR) is 118 cm³/mol. The molecule has 0 unspecified atom stereocenters. The molecule has 0 aromatic rings. The Labute approximate surface area is 184 Å². The SMILES string of the molecule is O=C(CBr)N(C1CCN(C2CCC(COCC3CC3)CC2)CC1)[C@@H]1CCC[C@H]1O. The number of amides is 1. The highest BCUT2D eigenvalue weighted by Gasteiger charge is 2.39. The third-order valence-corrected chi connectivity index (χ3v) is 8.31. The third-order valence-electron chi connectivity index (χ3n) is 7.83. The average Bonchev–Trinajstić information content (AvgIpc) is 3.49. The van der Waals surface area contributed by atoms with E-state index in [0.29, 0.717) is 17.4 Å². The largest absolute Gasteiger partial charge is 0.391 e. The second kappa shape index (κ2) is 10.4. The van der Waals surface area contributed by atoms with E-state index in [1.54, 1.807) is 0 Å². The van der Waals surface area contributed by atoms with Gasteiger partial charge in [-0.1, -0.05) is 15.9 Å². The summed E-state index contributed by atoms with van der Waals surface area (Å²) in [5, 5.41) is 10.7. The van der Waals surface area contributed by atoms with Crippen LogP contribution < -0.4 is 0 Å². The Bertz CT molecular complexity index is 528. The lowest BCUT2D eigenvalue weighted by molar-refractivity contribution is -0.137. The van der Waals surface area contributed by atoms with Crippen LogP contribution in [-0.2, 0) is 9.53 Å². The molecule has 6 heteroatoms. The number of hydrogen-bond donors (Lipinski definition) is 1. The molecule has 29 heavy (non-hydrogen) atoms. The summed E-state index contributed by atoms with van der Waals surface area (Å²) in [6.07, 6.45) is 12.5. The molecule has 1 aliphatic heterocycles. The van der Waals surface area contributed by atoms with E-state index in [1.165, 1.54) is 38.5 Å². The van der Waals surface area contributed by atoms with Crippen molar-refractivity contribution in [3.8, 4) is 0 Å². The Morgan fingerprint density at radius 3 is 2.07 bits per heavy atom. The summed E-state index contributed by atoms with van der Waals surface area (Å²) in [6.45, 7) is 4.14. The standard InChI is InChI=1S/C23H39BrN2O3/c24-14-23(28)26(21-2-1-3-22(21)27)20-10-12-25(13-11-20)19-8-6-18(7-9-19)16-29-15-17-4-5-17/h17-22,27H,1-16H2/t18?,19?,21-,22-/m1/s1. The zero-order chi connectivity index (χ0) is 20.2. The Balaban J connectivity index is 1.21. The Morgan fingerprint density at radius 1 is 0.931 bits per heavy atom. The van der Waals surface area contributed by atoms with Gasteiger partial charge in [-0.25, -0.2) is 0 Å². The van der Waals surface area contributed by atoms with E-state index in [0.717, 1.165) is 70.2 Å². The molecule has 4 rings (SSSR count). The molecule has 3 saturated carbocycles. The van der Waals surface area contributed by atoms with Gasteiger partial charge >= 0.3 is 0 Å². The van der Waals surface area contributed by atoms with Gasteiger partial charge in [-0.15, -0.1) is 0 Å². The van der Waals surface area contributed by atoms with Crippen LogP contribution in [0.3, 0.4) is 0 Å². The molecule has 5 nitrogen and oxygen atoms in total. The van der Waals surface area contributed by atoms with Gasteiger partial charge in [0.15, 0.2) is 0 Å². The Morgan fingerprint density at radius 2 is 1.55 bits per heavy atom. The number of alkyl halides is 1. The highest BCUT2D eigenvalue weighted by Crippen LogP contribution is 2.34. The van der Waals surface area contributed by atoms with Crippen LogP contribution in [0.1, 0.15) is 70.6 Å². The number of halogens is 1. The van der Waals surface area contributed by atoms with Crippen LogP contribution in [0.2, 0.25) is 0 Å². The molecule has 0 aromatic carbocycles. The molecule has 1 saturated heterocycles. The molecule has 1 amide bonds. The molecule has 4 aliphatic rings. The topological polar surface area (TPSA) is 53.0 Å². The zero-order valence-corrected chi connectivity index (χ0v) is 19.4. The maximum atomic E-state index is 12.6. The number of hydrogen-bond acceptors (Lipinski definition) is 4. The van der Waals surface area contributed by atoms with Crippen molar-refractivity contribution in [3.05, 3.63) is 0 Å². The maximum absolute atomic E-state index is 12.6. The summed E-state index contributed by atoms with van der Waals surface area (Å²) in [5.41, 5.74) is 0. The van der Waals surface area contributed by atoms with E-state index in [4.69, 9.17) is 4.74 Å². The second-order valence-electron chi connectivity index (χ2n) is 9.92. The van der Waals surface area contributed by atoms with Gasteiger partial charge in [-0.05, 0) is 82.5 Å². The van der Waals surface area contributed by atoms with Crippen molar-refractivity contribution < 1.29 is 14.6 Å². The first kappa shape index (κ1) is 22.0. The summed E-state index contributed by atoms with van der Waals surface area (Å²) in [5.74, 6) is 1.79. The number of aliphatic hydroxyl groups excluding tert-OH is 1. The fraction of sp³-hybridized carbons (Fsp3) is 0.957. The van der Waals surface area contributed by atoms with Crippen molar-refractivity contribution in [2.24, 2.45) is 11.8 Å². The van der Waals surface area contributed by atoms with Crippen molar-refractivity contribution >= 4 is 21.8 Å². The fourth-order valence-corrected chi connectivity index (χ4v) is 6.16. The lowest BCUT2D eigenvalue weighted by atomic mass is 9.85. The van der Waals surface area contributed by atoms with Crippen molar-refractivity contribution in [3.63, 3.8) is 0 Å². The van der Waals surface area contributed by atoms with Gasteiger partial charge in [0.05, 0.1) is 17.5 Å². The lowest BCUT2D eigenvalue weighted by Crippen LogP contribution is -2.55. The van der Waals surface area contributed by atoms with Gasteiger partial charge in [0.2, 0.25) is 5.91 Å². The number of rotatable bonds is 8. The average molecular weight is 471 g/mol. The van der Waals surface area contributed by atoms with Gasteiger partial charge in [-0.2, -0.15) is 0 Å². The molecule has 1 N–H and O–H groups in total. The van der Waals surface area contributed by atoms with Crippen molar-refractivity contribution in [1.29, 1.82) is 0 Å². The number of aliphatic hydroxyl groups is 1. The fourth-order valence-electron chi connectivity index (χ4n) is 5.87. The van der Waals surface area contributed by atoms with E-state index < -0.39 is 0 Å². The number of carbonyl (C=O) groups is 1. The van der Waals surface area contributed by atoms with Gasteiger partial charge in [0.25, 0.3) is 0 Å². The normalized spacial score (nSPS) is 34.4. The number of carbonyl (C=O) groups excluding carboxylic acids is 1. The second-order valence-corrected chi connectivity index (χ2v) is 10.5. The van der Waals surface area contributed by atoms with E-state index in [9.17, 15) is 9.90 Å². The molecular weight excluding hydrogens is 432 g/mol. The van der Waals surface area contributed by atoms with Gasteiger partial charge in [-0.3, -0.25) is 4.79 Å². The zero-order valence-electron chi connectivity index (χ0n) is 17.8. The highest BCUT2D eigenvalue weighted by molar-refractivity contribution is 9.09. The van der Waals surface area contributed by atoms with Crippen molar-refractivity contribution in [2.45, 2.75) is 94.9 Å². The molecule has 0 bridgehead atoms. The number of piperidine rings is 1. The van der Waals surface area contributed by atoms with Crippen molar-refractivity contribution in [2.75, 3.05) is 31.6 Å². The molecule has 3 aliphatic carbocycles. The van der Waals surface area contributed by atoms with Crippen LogP contribution in [0, 0.1) is 11.8 Å². The van der Waals surface area contributed by atoms with Crippen LogP contribution in [0.15, 0.2) is 0 Å². The summed E-state index contributed by atoms with van der Waals surface area (Å²) in [7, 11) is 0. The minimum atomic E-state index is -0.339. The van der Waals surface area contributed by atoms with Crippen LogP contribution in [0.5, 0.6) is 0 Å². The highest BCUT2D eigenvalue weighted by atomic mass is 79.9. The summed E-state index contributed by atoms with van der Waals surface area (Å²) in [4.78, 5) is 17.4. The first-order chi connectivity index (χ1) is 14.2.